The van der Waals surface area contributed by atoms with Crippen molar-refractivity contribution in [2.45, 2.75) is 39.5 Å². The predicted molar refractivity (Wildman–Crippen MR) is 106 cm³/mol. The molecule has 1 aliphatic heterocycles. The second-order valence-electron chi connectivity index (χ2n) is 7.29. The molecular formula is C21H25NO5S. The van der Waals surface area contributed by atoms with Gasteiger partial charge in [-0.2, -0.15) is 0 Å². The first-order valence-electron chi connectivity index (χ1n) is 9.50. The third kappa shape index (κ3) is 3.55. The van der Waals surface area contributed by atoms with E-state index in [0.717, 1.165) is 10.6 Å². The van der Waals surface area contributed by atoms with E-state index in [1.165, 1.54) is 18.4 Å². The molecule has 1 aliphatic carbocycles. The number of fused-ring (bicyclic) bond motifs is 1. The lowest BCUT2D eigenvalue weighted by Crippen LogP contribution is -2.48. The number of carbonyl (C=O) groups excluding carboxylic acids is 3. The first-order chi connectivity index (χ1) is 13.4. The van der Waals surface area contributed by atoms with Crippen LogP contribution in [-0.2, 0) is 23.9 Å². The molecular weight excluding hydrogens is 378 g/mol. The molecule has 4 atom stereocenters. The zero-order valence-electron chi connectivity index (χ0n) is 16.6. The van der Waals surface area contributed by atoms with Gasteiger partial charge in [0.1, 0.15) is 5.92 Å². The number of carbonyl (C=O) groups is 3. The zero-order valence-corrected chi connectivity index (χ0v) is 17.4. The number of rotatable bonds is 5. The van der Waals surface area contributed by atoms with Gasteiger partial charge >= 0.3 is 11.9 Å². The van der Waals surface area contributed by atoms with Crippen LogP contribution in [0.3, 0.4) is 0 Å². The lowest BCUT2D eigenvalue weighted by atomic mass is 9.65. The Balaban J connectivity index is 2.10. The third-order valence-corrected chi connectivity index (χ3v) is 6.34. The molecule has 0 amide bonds. The summed E-state index contributed by atoms with van der Waals surface area (Å²) in [5.41, 5.74) is 1.74. The van der Waals surface area contributed by atoms with Crippen LogP contribution in [-0.4, -0.2) is 37.2 Å². The van der Waals surface area contributed by atoms with E-state index in [9.17, 15) is 14.4 Å². The van der Waals surface area contributed by atoms with Crippen LogP contribution >= 0.6 is 11.3 Å². The maximum atomic E-state index is 13.4. The molecule has 150 valence electrons. The van der Waals surface area contributed by atoms with E-state index >= 15 is 0 Å². The van der Waals surface area contributed by atoms with Crippen molar-refractivity contribution in [3.63, 3.8) is 0 Å². The van der Waals surface area contributed by atoms with E-state index in [-0.39, 0.29) is 11.7 Å². The van der Waals surface area contributed by atoms with Gasteiger partial charge in [-0.15, -0.1) is 11.3 Å². The molecule has 2 heterocycles. The van der Waals surface area contributed by atoms with Gasteiger partial charge in [-0.25, -0.2) is 4.79 Å². The van der Waals surface area contributed by atoms with Crippen molar-refractivity contribution in [1.82, 2.24) is 0 Å². The van der Waals surface area contributed by atoms with Crippen LogP contribution in [0.2, 0.25) is 0 Å². The quantitative estimate of drug-likeness (QED) is 0.555. The Morgan fingerprint density at radius 3 is 2.68 bits per heavy atom. The van der Waals surface area contributed by atoms with Crippen molar-refractivity contribution >= 4 is 34.8 Å². The normalized spacial score (nSPS) is 27.1. The highest BCUT2D eigenvalue weighted by Crippen LogP contribution is 2.46. The second kappa shape index (κ2) is 8.39. The van der Waals surface area contributed by atoms with E-state index < -0.39 is 29.7 Å². The maximum Gasteiger partial charge on any atom is 0.336 e. The topological polar surface area (TPSA) is 82.0 Å². The van der Waals surface area contributed by atoms with Gasteiger partial charge in [-0.1, -0.05) is 19.9 Å². The fourth-order valence-electron chi connectivity index (χ4n) is 4.15. The van der Waals surface area contributed by atoms with Crippen molar-refractivity contribution in [3.05, 3.63) is 33.7 Å². The van der Waals surface area contributed by atoms with Gasteiger partial charge in [0.05, 0.1) is 25.2 Å². The average molecular weight is 404 g/mol. The van der Waals surface area contributed by atoms with Crippen LogP contribution in [0.15, 0.2) is 33.8 Å². The highest BCUT2D eigenvalue weighted by molar-refractivity contribution is 7.10. The van der Waals surface area contributed by atoms with Crippen LogP contribution in [0.1, 0.15) is 44.4 Å². The molecule has 3 rings (SSSR count). The van der Waals surface area contributed by atoms with E-state index in [1.54, 1.807) is 6.92 Å². The predicted octanol–water partition coefficient (Wildman–Crippen LogP) is 3.53. The number of allylic oxidation sites excluding steroid dienone is 1. The standard InChI is InChI=1S/C21H25NO5S/c1-5-8-27-21(25)16-12(3)22-13-10-11(2)15(20(24)26-4)19(23)17(13)18(16)14-7-6-9-28-14/h6-7,9,11,15,17-18H,5,8,10H2,1-4H3/t11-,15+,17+,18+/m1/s1. The number of Topliss-reactive ketones (excluding diaryl/α,β-unsaturated/α-hetero) is 1. The Bertz CT molecular complexity index is 839. The molecule has 0 unspecified atom stereocenters. The van der Waals surface area contributed by atoms with E-state index in [4.69, 9.17) is 9.47 Å². The molecule has 0 N–H and O–H groups in total. The maximum absolute atomic E-state index is 13.4. The first kappa shape index (κ1) is 20.5. The molecule has 1 aromatic rings. The van der Waals surface area contributed by atoms with Gasteiger partial charge in [0.25, 0.3) is 0 Å². The Morgan fingerprint density at radius 2 is 2.07 bits per heavy atom. The Morgan fingerprint density at radius 1 is 1.32 bits per heavy atom. The molecule has 0 saturated heterocycles. The molecule has 1 saturated carbocycles. The summed E-state index contributed by atoms with van der Waals surface area (Å²) in [6, 6.07) is 3.81. The van der Waals surface area contributed by atoms with Gasteiger partial charge in [-0.3, -0.25) is 14.6 Å². The summed E-state index contributed by atoms with van der Waals surface area (Å²) in [4.78, 5) is 44.1. The lowest BCUT2D eigenvalue weighted by molar-refractivity contribution is -0.152. The van der Waals surface area contributed by atoms with Crippen molar-refractivity contribution in [3.8, 4) is 0 Å². The highest BCUT2D eigenvalue weighted by Gasteiger charge is 2.51. The molecule has 0 spiro atoms. The molecule has 1 aromatic heterocycles. The number of hydrogen-bond acceptors (Lipinski definition) is 7. The molecule has 1 fully saturated rings. The van der Waals surface area contributed by atoms with Gasteiger partial charge < -0.3 is 9.47 Å². The van der Waals surface area contributed by atoms with Gasteiger partial charge in [-0.05, 0) is 37.1 Å². The number of nitrogens with zero attached hydrogens (tertiary/aromatic N) is 1. The summed E-state index contributed by atoms with van der Waals surface area (Å²) in [5, 5.41) is 1.92. The SMILES string of the molecule is CCCOC(=O)C1=C(C)N=C2C[C@@H](C)[C@H](C(=O)OC)C(=O)[C@@H]2[C@H]1c1cccs1. The van der Waals surface area contributed by atoms with E-state index in [0.29, 0.717) is 30.7 Å². The molecule has 0 bridgehead atoms. The third-order valence-electron chi connectivity index (χ3n) is 5.38. The summed E-state index contributed by atoms with van der Waals surface area (Å²) < 4.78 is 10.3. The second-order valence-corrected chi connectivity index (χ2v) is 8.27. The number of hydrogen-bond donors (Lipinski definition) is 0. The Labute approximate surface area is 168 Å². The Hall–Kier alpha value is -2.28. The van der Waals surface area contributed by atoms with Crippen LogP contribution in [0.4, 0.5) is 0 Å². The number of ether oxygens (including phenoxy) is 2. The smallest absolute Gasteiger partial charge is 0.336 e. The van der Waals surface area contributed by atoms with Crippen molar-refractivity contribution in [2.24, 2.45) is 22.7 Å². The minimum Gasteiger partial charge on any atom is -0.468 e. The minimum absolute atomic E-state index is 0.194. The molecule has 0 radical (unpaired) electrons. The molecule has 7 heteroatoms. The van der Waals surface area contributed by atoms with Crippen molar-refractivity contribution in [2.75, 3.05) is 13.7 Å². The van der Waals surface area contributed by atoms with E-state index in [1.807, 2.05) is 31.4 Å². The summed E-state index contributed by atoms with van der Waals surface area (Å²) >= 11 is 1.49. The lowest BCUT2D eigenvalue weighted by Gasteiger charge is -2.39. The number of methoxy groups -OCH3 is 1. The van der Waals surface area contributed by atoms with Crippen LogP contribution < -0.4 is 0 Å². The van der Waals surface area contributed by atoms with Crippen LogP contribution in [0.5, 0.6) is 0 Å². The van der Waals surface area contributed by atoms with Gasteiger partial charge in [0, 0.05) is 22.2 Å². The average Bonchev–Trinajstić information content (AvgIpc) is 3.19. The summed E-state index contributed by atoms with van der Waals surface area (Å²) in [5.74, 6) is -3.36. The summed E-state index contributed by atoms with van der Waals surface area (Å²) in [6.45, 7) is 5.88. The number of thiophene rings is 1. The van der Waals surface area contributed by atoms with Gasteiger partial charge in [0.2, 0.25) is 0 Å². The van der Waals surface area contributed by atoms with Crippen molar-refractivity contribution in [1.29, 1.82) is 0 Å². The first-order valence-corrected chi connectivity index (χ1v) is 10.4. The number of ketones is 1. The van der Waals surface area contributed by atoms with Crippen LogP contribution in [0, 0.1) is 17.8 Å². The monoisotopic (exact) mass is 403 g/mol. The minimum atomic E-state index is -0.845. The van der Waals surface area contributed by atoms with Crippen LogP contribution in [0.25, 0.3) is 0 Å². The Kier molecular flexibility index (Phi) is 6.13. The molecule has 0 aromatic carbocycles. The zero-order chi connectivity index (χ0) is 20.4. The summed E-state index contributed by atoms with van der Waals surface area (Å²) in [6.07, 6.45) is 1.23. The fourth-order valence-corrected chi connectivity index (χ4v) is 5.02. The number of aliphatic imine (C=N–C) groups is 1. The fraction of sp³-hybridized carbons (Fsp3) is 0.524. The van der Waals surface area contributed by atoms with Crippen molar-refractivity contribution < 1.29 is 23.9 Å². The summed E-state index contributed by atoms with van der Waals surface area (Å²) in [7, 11) is 1.29. The van der Waals surface area contributed by atoms with E-state index in [2.05, 4.69) is 4.99 Å². The largest absolute Gasteiger partial charge is 0.468 e. The molecule has 2 aliphatic rings. The molecule has 28 heavy (non-hydrogen) atoms. The molecule has 6 nitrogen and oxygen atoms in total. The number of esters is 2. The highest BCUT2D eigenvalue weighted by atomic mass is 32.1. The van der Waals surface area contributed by atoms with Gasteiger partial charge in [0.15, 0.2) is 5.78 Å².